The zero-order valence-electron chi connectivity index (χ0n) is 13.5. The summed E-state index contributed by atoms with van der Waals surface area (Å²) in [6.45, 7) is 1.44. The summed E-state index contributed by atoms with van der Waals surface area (Å²) in [5.74, 6) is 0.741. The number of benzene rings is 2. The summed E-state index contributed by atoms with van der Waals surface area (Å²) in [5, 5.41) is 2.65. The summed E-state index contributed by atoms with van der Waals surface area (Å²) in [6.07, 6.45) is 0.845. The van der Waals surface area contributed by atoms with E-state index in [9.17, 15) is 9.59 Å². The second-order valence-corrected chi connectivity index (χ2v) is 6.00. The van der Waals surface area contributed by atoms with E-state index in [4.69, 9.17) is 9.47 Å². The number of carbonyl (C=O) groups excluding carboxylic acids is 2. The van der Waals surface area contributed by atoms with Crippen molar-refractivity contribution in [3.05, 3.63) is 52.5 Å². The van der Waals surface area contributed by atoms with Crippen LogP contribution in [-0.4, -0.2) is 19.0 Å². The molecule has 0 saturated carbocycles. The Balaban J connectivity index is 1.87. The van der Waals surface area contributed by atoms with Gasteiger partial charge in [-0.15, -0.1) is 0 Å². The van der Waals surface area contributed by atoms with Gasteiger partial charge in [-0.25, -0.2) is 0 Å². The monoisotopic (exact) mass is 391 g/mol. The fourth-order valence-electron chi connectivity index (χ4n) is 2.10. The van der Waals surface area contributed by atoms with Crippen LogP contribution >= 0.6 is 15.9 Å². The molecule has 1 amide bonds. The molecule has 0 unspecified atom stereocenters. The molecule has 2 aromatic rings. The lowest BCUT2D eigenvalue weighted by Gasteiger charge is -2.08. The van der Waals surface area contributed by atoms with E-state index in [1.54, 1.807) is 31.4 Å². The Morgan fingerprint density at radius 1 is 1.12 bits per heavy atom. The van der Waals surface area contributed by atoms with Gasteiger partial charge in [-0.2, -0.15) is 0 Å². The van der Waals surface area contributed by atoms with Crippen LogP contribution in [0.4, 0.5) is 5.69 Å². The molecule has 0 aliphatic heterocycles. The van der Waals surface area contributed by atoms with E-state index in [1.807, 2.05) is 18.2 Å². The van der Waals surface area contributed by atoms with Gasteiger partial charge < -0.3 is 14.8 Å². The van der Waals surface area contributed by atoms with Gasteiger partial charge in [-0.3, -0.25) is 9.59 Å². The average molecular weight is 392 g/mol. The lowest BCUT2D eigenvalue weighted by atomic mass is 10.1. The molecule has 2 rings (SSSR count). The SMILES string of the molecule is COc1ccc(CCC(=O)Oc2ccc(NC(C)=O)cc2)cc1Br. The lowest BCUT2D eigenvalue weighted by molar-refractivity contribution is -0.134. The molecule has 126 valence electrons. The third kappa shape index (κ3) is 5.38. The number of aryl methyl sites for hydroxylation is 1. The molecule has 1 N–H and O–H groups in total. The molecule has 6 heteroatoms. The number of rotatable bonds is 6. The molecular formula is C18H18BrNO4. The van der Waals surface area contributed by atoms with Crippen LogP contribution in [0.5, 0.6) is 11.5 Å². The van der Waals surface area contributed by atoms with Crippen LogP contribution in [0.3, 0.4) is 0 Å². The predicted octanol–water partition coefficient (Wildman–Crippen LogP) is 3.95. The minimum Gasteiger partial charge on any atom is -0.496 e. The maximum Gasteiger partial charge on any atom is 0.311 e. The number of anilines is 1. The highest BCUT2D eigenvalue weighted by Crippen LogP contribution is 2.26. The highest BCUT2D eigenvalue weighted by Gasteiger charge is 2.08. The number of methoxy groups -OCH3 is 1. The van der Waals surface area contributed by atoms with Gasteiger partial charge in [0, 0.05) is 19.0 Å². The van der Waals surface area contributed by atoms with Crippen molar-refractivity contribution < 1.29 is 19.1 Å². The highest BCUT2D eigenvalue weighted by atomic mass is 79.9. The molecule has 0 heterocycles. The summed E-state index contributed by atoms with van der Waals surface area (Å²) in [6, 6.07) is 12.4. The minimum absolute atomic E-state index is 0.148. The number of hydrogen-bond acceptors (Lipinski definition) is 4. The van der Waals surface area contributed by atoms with Crippen molar-refractivity contribution in [2.45, 2.75) is 19.8 Å². The van der Waals surface area contributed by atoms with Crippen LogP contribution in [0, 0.1) is 0 Å². The highest BCUT2D eigenvalue weighted by molar-refractivity contribution is 9.10. The van der Waals surface area contributed by atoms with Crippen molar-refractivity contribution >= 4 is 33.5 Å². The predicted molar refractivity (Wildman–Crippen MR) is 95.4 cm³/mol. The number of halogens is 1. The first-order valence-corrected chi connectivity index (χ1v) is 8.18. The van der Waals surface area contributed by atoms with E-state index in [0.29, 0.717) is 17.9 Å². The maximum atomic E-state index is 11.9. The number of carbonyl (C=O) groups is 2. The largest absolute Gasteiger partial charge is 0.496 e. The Morgan fingerprint density at radius 3 is 2.42 bits per heavy atom. The van der Waals surface area contributed by atoms with Crippen LogP contribution < -0.4 is 14.8 Å². The molecule has 0 radical (unpaired) electrons. The molecular weight excluding hydrogens is 374 g/mol. The number of ether oxygens (including phenoxy) is 2. The van der Waals surface area contributed by atoms with Crippen molar-refractivity contribution in [1.29, 1.82) is 0 Å². The van der Waals surface area contributed by atoms with Gasteiger partial charge in [0.15, 0.2) is 0 Å². The summed E-state index contributed by atoms with van der Waals surface area (Å²) in [4.78, 5) is 22.9. The molecule has 0 bridgehead atoms. The fourth-order valence-corrected chi connectivity index (χ4v) is 2.69. The number of esters is 1. The Hall–Kier alpha value is -2.34. The van der Waals surface area contributed by atoms with Gasteiger partial charge in [0.05, 0.1) is 11.6 Å². The van der Waals surface area contributed by atoms with Crippen molar-refractivity contribution in [2.24, 2.45) is 0 Å². The molecule has 5 nitrogen and oxygen atoms in total. The number of amides is 1. The zero-order chi connectivity index (χ0) is 17.5. The summed E-state index contributed by atoms with van der Waals surface area (Å²) >= 11 is 3.42. The molecule has 24 heavy (non-hydrogen) atoms. The van der Waals surface area contributed by atoms with Crippen molar-refractivity contribution in [3.63, 3.8) is 0 Å². The number of nitrogens with one attached hydrogen (secondary N) is 1. The molecule has 0 fully saturated rings. The molecule has 0 aliphatic rings. The number of hydrogen-bond donors (Lipinski definition) is 1. The van der Waals surface area contributed by atoms with Crippen molar-refractivity contribution in [3.8, 4) is 11.5 Å². The van der Waals surface area contributed by atoms with E-state index in [-0.39, 0.29) is 18.3 Å². The van der Waals surface area contributed by atoms with E-state index in [1.165, 1.54) is 6.92 Å². The third-order valence-corrected chi connectivity index (χ3v) is 3.86. The summed E-state index contributed by atoms with van der Waals surface area (Å²) in [7, 11) is 1.61. The third-order valence-electron chi connectivity index (χ3n) is 3.24. The van der Waals surface area contributed by atoms with Gasteiger partial charge in [0.25, 0.3) is 0 Å². The normalized spacial score (nSPS) is 10.1. The van der Waals surface area contributed by atoms with Crippen molar-refractivity contribution in [1.82, 2.24) is 0 Å². The van der Waals surface area contributed by atoms with E-state index < -0.39 is 0 Å². The molecule has 0 aromatic heterocycles. The average Bonchev–Trinajstić information content (AvgIpc) is 2.54. The molecule has 0 saturated heterocycles. The standard InChI is InChI=1S/C18H18BrNO4/c1-12(21)20-14-5-7-15(8-6-14)24-18(22)10-4-13-3-9-17(23-2)16(19)11-13/h3,5-9,11H,4,10H2,1-2H3,(H,20,21). The Kier molecular flexibility index (Phi) is 6.37. The van der Waals surface area contributed by atoms with Crippen molar-refractivity contribution in [2.75, 3.05) is 12.4 Å². The molecule has 2 aromatic carbocycles. The van der Waals surface area contributed by atoms with Crippen LogP contribution in [-0.2, 0) is 16.0 Å². The summed E-state index contributed by atoms with van der Waals surface area (Å²) < 4.78 is 11.3. The minimum atomic E-state index is -0.311. The Labute approximate surface area is 149 Å². The van der Waals surface area contributed by atoms with Gasteiger partial charge in [-0.1, -0.05) is 6.07 Å². The topological polar surface area (TPSA) is 64.6 Å². The Morgan fingerprint density at radius 2 is 1.83 bits per heavy atom. The summed E-state index contributed by atoms with van der Waals surface area (Å²) in [5.41, 5.74) is 1.67. The van der Waals surface area contributed by atoms with Gasteiger partial charge in [-0.05, 0) is 64.3 Å². The van der Waals surface area contributed by atoms with Gasteiger partial charge >= 0.3 is 5.97 Å². The fraction of sp³-hybridized carbons (Fsp3) is 0.222. The lowest BCUT2D eigenvalue weighted by Crippen LogP contribution is -2.09. The zero-order valence-corrected chi connectivity index (χ0v) is 15.1. The van der Waals surface area contributed by atoms with Crippen LogP contribution in [0.15, 0.2) is 46.9 Å². The smallest absolute Gasteiger partial charge is 0.311 e. The Bertz CT molecular complexity index is 728. The molecule has 0 atom stereocenters. The second-order valence-electron chi connectivity index (χ2n) is 5.15. The first kappa shape index (κ1) is 18.0. The molecule has 0 aliphatic carbocycles. The van der Waals surface area contributed by atoms with E-state index in [2.05, 4.69) is 21.2 Å². The van der Waals surface area contributed by atoms with Crippen LogP contribution in [0.1, 0.15) is 18.9 Å². The van der Waals surface area contributed by atoms with Crippen LogP contribution in [0.25, 0.3) is 0 Å². The van der Waals surface area contributed by atoms with E-state index >= 15 is 0 Å². The van der Waals surface area contributed by atoms with Crippen LogP contribution in [0.2, 0.25) is 0 Å². The van der Waals surface area contributed by atoms with Gasteiger partial charge in [0.2, 0.25) is 5.91 Å². The second kappa shape index (κ2) is 8.49. The quantitative estimate of drug-likeness (QED) is 0.597. The first-order chi connectivity index (χ1) is 11.5. The maximum absolute atomic E-state index is 11.9. The first-order valence-electron chi connectivity index (χ1n) is 7.38. The van der Waals surface area contributed by atoms with Gasteiger partial charge in [0.1, 0.15) is 11.5 Å². The molecule has 0 spiro atoms. The van der Waals surface area contributed by atoms with E-state index in [0.717, 1.165) is 15.8 Å².